The summed E-state index contributed by atoms with van der Waals surface area (Å²) in [6.45, 7) is 3.86. The quantitative estimate of drug-likeness (QED) is 0.728. The van der Waals surface area contributed by atoms with Gasteiger partial charge >= 0.3 is 0 Å². The van der Waals surface area contributed by atoms with Crippen molar-refractivity contribution in [2.45, 2.75) is 44.9 Å². The first-order chi connectivity index (χ1) is 7.56. The molecule has 88 valence electrons. The normalized spacial score (nSPS) is 44.6. The zero-order valence-corrected chi connectivity index (χ0v) is 9.87. The maximum Gasteiger partial charge on any atom is 0.244 e. The molecule has 0 saturated heterocycles. The topological polar surface area (TPSA) is 43.1 Å². The van der Waals surface area contributed by atoms with Crippen molar-refractivity contribution in [3.8, 4) is 0 Å². The van der Waals surface area contributed by atoms with Crippen LogP contribution in [0.3, 0.4) is 0 Å². The molecule has 0 atom stereocenters. The Labute approximate surface area is 97.3 Å². The van der Waals surface area contributed by atoms with Crippen LogP contribution in [0.4, 0.5) is 0 Å². The third-order valence-electron chi connectivity index (χ3n) is 5.10. The van der Waals surface area contributed by atoms with Crippen LogP contribution in [0.25, 0.3) is 0 Å². The summed E-state index contributed by atoms with van der Waals surface area (Å²) in [6, 6.07) is 0. The van der Waals surface area contributed by atoms with Crippen molar-refractivity contribution >= 4 is 5.91 Å². The molecule has 4 bridgehead atoms. The van der Waals surface area contributed by atoms with E-state index in [4.69, 9.17) is 5.73 Å². The molecule has 4 saturated carbocycles. The van der Waals surface area contributed by atoms with Crippen LogP contribution in [-0.4, -0.2) is 5.91 Å². The highest BCUT2D eigenvalue weighted by Crippen LogP contribution is 2.61. The predicted molar refractivity (Wildman–Crippen MR) is 63.6 cm³/mol. The van der Waals surface area contributed by atoms with Crippen LogP contribution in [-0.2, 0) is 4.79 Å². The lowest BCUT2D eigenvalue weighted by Gasteiger charge is -2.57. The van der Waals surface area contributed by atoms with Gasteiger partial charge < -0.3 is 5.73 Å². The molecule has 2 nitrogen and oxygen atoms in total. The van der Waals surface area contributed by atoms with Crippen molar-refractivity contribution in [1.82, 2.24) is 0 Å². The summed E-state index contributed by atoms with van der Waals surface area (Å²) in [6.07, 6.45) is 9.18. The number of carbonyl (C=O) groups is 1. The highest BCUT2D eigenvalue weighted by molar-refractivity contribution is 5.91. The van der Waals surface area contributed by atoms with E-state index in [2.05, 4.69) is 6.58 Å². The molecule has 0 aromatic carbocycles. The average molecular weight is 219 g/mol. The van der Waals surface area contributed by atoms with E-state index in [0.717, 1.165) is 24.2 Å². The lowest BCUT2D eigenvalue weighted by atomic mass is 9.48. The van der Waals surface area contributed by atoms with Gasteiger partial charge in [-0.1, -0.05) is 6.58 Å². The van der Waals surface area contributed by atoms with Crippen molar-refractivity contribution in [2.75, 3.05) is 0 Å². The summed E-state index contributed by atoms with van der Waals surface area (Å²) in [4.78, 5) is 11.1. The van der Waals surface area contributed by atoms with Crippen LogP contribution in [0, 0.1) is 23.2 Å². The van der Waals surface area contributed by atoms with E-state index in [1.807, 2.05) is 0 Å². The van der Waals surface area contributed by atoms with Gasteiger partial charge in [-0.2, -0.15) is 0 Å². The summed E-state index contributed by atoms with van der Waals surface area (Å²) in [5.74, 6) is 2.52. The van der Waals surface area contributed by atoms with Crippen LogP contribution in [0.2, 0.25) is 0 Å². The second kappa shape index (κ2) is 3.35. The molecule has 2 heteroatoms. The van der Waals surface area contributed by atoms with Crippen LogP contribution in [0.15, 0.2) is 12.2 Å². The van der Waals surface area contributed by atoms with Crippen molar-refractivity contribution in [2.24, 2.45) is 28.9 Å². The number of amides is 1. The lowest BCUT2D eigenvalue weighted by Crippen LogP contribution is -2.46. The smallest absolute Gasteiger partial charge is 0.244 e. The summed E-state index contributed by atoms with van der Waals surface area (Å²) in [5, 5.41) is 0. The Morgan fingerprint density at radius 2 is 1.56 bits per heavy atom. The fourth-order valence-electron chi connectivity index (χ4n) is 5.05. The van der Waals surface area contributed by atoms with Crippen LogP contribution < -0.4 is 5.73 Å². The average Bonchev–Trinajstić information content (AvgIpc) is 2.13. The Bertz CT molecular complexity index is 309. The molecule has 0 aliphatic heterocycles. The van der Waals surface area contributed by atoms with E-state index >= 15 is 0 Å². The molecule has 4 rings (SSSR count). The minimum absolute atomic E-state index is 0.296. The van der Waals surface area contributed by atoms with Crippen LogP contribution >= 0.6 is 0 Å². The fourth-order valence-corrected chi connectivity index (χ4v) is 5.05. The van der Waals surface area contributed by atoms with Gasteiger partial charge in [0.05, 0.1) is 0 Å². The number of primary amides is 1. The van der Waals surface area contributed by atoms with E-state index in [1.165, 1.54) is 38.5 Å². The third-order valence-corrected chi connectivity index (χ3v) is 5.10. The molecule has 0 heterocycles. The van der Waals surface area contributed by atoms with Gasteiger partial charge in [-0.15, -0.1) is 0 Å². The molecule has 4 fully saturated rings. The second-order valence-electron chi connectivity index (χ2n) is 6.56. The third kappa shape index (κ3) is 1.59. The van der Waals surface area contributed by atoms with Crippen molar-refractivity contribution in [3.63, 3.8) is 0 Å². The zero-order chi connectivity index (χ0) is 11.3. The SMILES string of the molecule is C=C(CC12CC3CC(CC(C3)C1)C2)C(N)=O. The standard InChI is InChI=1S/C14H21NO/c1-9(13(15)16)5-14-6-10-2-11(7-14)4-12(3-10)8-14/h10-12H,1-8H2,(H2,15,16). The minimum Gasteiger partial charge on any atom is -0.366 e. The Kier molecular flexibility index (Phi) is 2.17. The van der Waals surface area contributed by atoms with Gasteiger partial charge in [-0.3, -0.25) is 4.79 Å². The van der Waals surface area contributed by atoms with E-state index in [0.29, 0.717) is 11.0 Å². The largest absolute Gasteiger partial charge is 0.366 e. The number of carbonyl (C=O) groups excluding carboxylic acids is 1. The van der Waals surface area contributed by atoms with Gasteiger partial charge in [-0.05, 0) is 68.1 Å². The number of hydrogen-bond donors (Lipinski definition) is 1. The lowest BCUT2D eigenvalue weighted by molar-refractivity contribution is -0.115. The highest BCUT2D eigenvalue weighted by Gasteiger charge is 2.50. The molecule has 2 N–H and O–H groups in total. The van der Waals surface area contributed by atoms with Crippen LogP contribution in [0.5, 0.6) is 0 Å². The minimum atomic E-state index is -0.296. The first-order valence-corrected chi connectivity index (χ1v) is 6.54. The van der Waals surface area contributed by atoms with Gasteiger partial charge in [0.2, 0.25) is 5.91 Å². The number of hydrogen-bond acceptors (Lipinski definition) is 1. The molecule has 16 heavy (non-hydrogen) atoms. The maximum absolute atomic E-state index is 11.1. The maximum atomic E-state index is 11.1. The molecule has 4 aliphatic rings. The first-order valence-electron chi connectivity index (χ1n) is 6.54. The molecule has 1 amide bonds. The summed E-state index contributed by atoms with van der Waals surface area (Å²) in [7, 11) is 0. The number of nitrogens with two attached hydrogens (primary N) is 1. The van der Waals surface area contributed by atoms with Crippen molar-refractivity contribution in [3.05, 3.63) is 12.2 Å². The highest BCUT2D eigenvalue weighted by atomic mass is 16.1. The van der Waals surface area contributed by atoms with Gasteiger partial charge in [0, 0.05) is 5.57 Å². The first kappa shape index (κ1) is 10.4. The van der Waals surface area contributed by atoms with Gasteiger partial charge in [0.1, 0.15) is 0 Å². The molecule has 0 unspecified atom stereocenters. The Balaban J connectivity index is 1.78. The Hall–Kier alpha value is -0.790. The molecule has 4 aliphatic carbocycles. The molecule has 0 aromatic rings. The van der Waals surface area contributed by atoms with Gasteiger partial charge in [0.25, 0.3) is 0 Å². The monoisotopic (exact) mass is 219 g/mol. The van der Waals surface area contributed by atoms with E-state index < -0.39 is 0 Å². The van der Waals surface area contributed by atoms with Crippen molar-refractivity contribution in [1.29, 1.82) is 0 Å². The molecular weight excluding hydrogens is 198 g/mol. The van der Waals surface area contributed by atoms with Gasteiger partial charge in [0.15, 0.2) is 0 Å². The van der Waals surface area contributed by atoms with Crippen molar-refractivity contribution < 1.29 is 4.79 Å². The molecular formula is C14H21NO. The molecule has 0 radical (unpaired) electrons. The number of rotatable bonds is 3. The predicted octanol–water partition coefficient (Wildman–Crippen LogP) is 2.63. The van der Waals surface area contributed by atoms with E-state index in [-0.39, 0.29) is 5.91 Å². The zero-order valence-electron chi connectivity index (χ0n) is 9.87. The summed E-state index contributed by atoms with van der Waals surface area (Å²) >= 11 is 0. The van der Waals surface area contributed by atoms with E-state index in [9.17, 15) is 4.79 Å². The Morgan fingerprint density at radius 3 is 1.94 bits per heavy atom. The molecule has 0 aromatic heterocycles. The van der Waals surface area contributed by atoms with Gasteiger partial charge in [-0.25, -0.2) is 0 Å². The fraction of sp³-hybridized carbons (Fsp3) is 0.786. The molecule has 0 spiro atoms. The van der Waals surface area contributed by atoms with Crippen LogP contribution in [0.1, 0.15) is 44.9 Å². The van der Waals surface area contributed by atoms with E-state index in [1.54, 1.807) is 0 Å². The second-order valence-corrected chi connectivity index (χ2v) is 6.56. The summed E-state index contributed by atoms with van der Waals surface area (Å²) in [5.41, 5.74) is 6.39. The Morgan fingerprint density at radius 1 is 1.12 bits per heavy atom. The summed E-state index contributed by atoms with van der Waals surface area (Å²) < 4.78 is 0.